The number of benzene rings is 1. The van der Waals surface area contributed by atoms with E-state index in [2.05, 4.69) is 12.4 Å². The lowest BCUT2D eigenvalue weighted by Gasteiger charge is -2.06. The lowest BCUT2D eigenvalue weighted by Crippen LogP contribution is -2.15. The number of hydroxylamine groups is 1. The number of unbranched alkanes of at least 4 members (excludes halogenated alkanes) is 2. The molecule has 0 heterocycles. The number of halogens is 1. The Hall–Kier alpha value is -0.570. The van der Waals surface area contributed by atoms with Gasteiger partial charge in [-0.3, -0.25) is 0 Å². The lowest BCUT2D eigenvalue weighted by atomic mass is 10.2. The van der Waals surface area contributed by atoms with Gasteiger partial charge in [0.15, 0.2) is 0 Å². The van der Waals surface area contributed by atoms with Crippen molar-refractivity contribution in [2.24, 2.45) is 0 Å². The van der Waals surface area contributed by atoms with Crippen LogP contribution in [0.1, 0.15) is 31.7 Å². The van der Waals surface area contributed by atoms with Crippen molar-refractivity contribution in [1.82, 2.24) is 5.48 Å². The van der Waals surface area contributed by atoms with Crippen LogP contribution in [0.3, 0.4) is 0 Å². The third kappa shape index (κ3) is 5.17. The summed E-state index contributed by atoms with van der Waals surface area (Å²) in [5, 5.41) is 0.780. The highest BCUT2D eigenvalue weighted by molar-refractivity contribution is 6.31. The molecule has 0 radical (unpaired) electrons. The first-order valence-electron chi connectivity index (χ1n) is 5.42. The van der Waals surface area contributed by atoms with Crippen LogP contribution in [0.2, 0.25) is 5.02 Å². The zero-order chi connectivity index (χ0) is 10.9. The standard InChI is InChI=1S/C12H18ClNO/c1-2-3-6-9-15-14-10-11-7-4-5-8-12(11)13/h4-5,7-8,14H,2-3,6,9-10H2,1H3. The first-order chi connectivity index (χ1) is 7.34. The molecule has 0 bridgehead atoms. The summed E-state index contributed by atoms with van der Waals surface area (Å²) in [7, 11) is 0. The van der Waals surface area contributed by atoms with E-state index in [1.165, 1.54) is 12.8 Å². The number of hydrogen-bond acceptors (Lipinski definition) is 2. The maximum absolute atomic E-state index is 5.99. The fourth-order valence-corrected chi connectivity index (χ4v) is 1.47. The molecule has 84 valence electrons. The molecule has 0 fully saturated rings. The summed E-state index contributed by atoms with van der Waals surface area (Å²) in [6, 6.07) is 7.77. The summed E-state index contributed by atoms with van der Waals surface area (Å²) < 4.78 is 0. The van der Waals surface area contributed by atoms with Crippen LogP contribution >= 0.6 is 11.6 Å². The Labute approximate surface area is 96.5 Å². The molecule has 0 saturated heterocycles. The highest BCUT2D eigenvalue weighted by Crippen LogP contribution is 2.14. The Morgan fingerprint density at radius 3 is 2.80 bits per heavy atom. The smallest absolute Gasteiger partial charge is 0.0682 e. The van der Waals surface area contributed by atoms with Gasteiger partial charge in [-0.25, -0.2) is 0 Å². The molecule has 0 unspecified atom stereocenters. The first kappa shape index (κ1) is 12.5. The van der Waals surface area contributed by atoms with Gasteiger partial charge in [0.2, 0.25) is 0 Å². The monoisotopic (exact) mass is 227 g/mol. The molecular weight excluding hydrogens is 210 g/mol. The van der Waals surface area contributed by atoms with Gasteiger partial charge in [-0.2, -0.15) is 5.48 Å². The second-order valence-corrected chi connectivity index (χ2v) is 3.88. The van der Waals surface area contributed by atoms with Gasteiger partial charge >= 0.3 is 0 Å². The predicted molar refractivity (Wildman–Crippen MR) is 63.8 cm³/mol. The minimum absolute atomic E-state index is 0.659. The van der Waals surface area contributed by atoms with E-state index >= 15 is 0 Å². The molecule has 0 aliphatic rings. The Morgan fingerprint density at radius 2 is 2.07 bits per heavy atom. The number of hydrogen-bond donors (Lipinski definition) is 1. The van der Waals surface area contributed by atoms with Gasteiger partial charge in [0.1, 0.15) is 0 Å². The normalized spacial score (nSPS) is 10.5. The molecule has 1 aromatic rings. The summed E-state index contributed by atoms with van der Waals surface area (Å²) in [5.41, 5.74) is 3.98. The van der Waals surface area contributed by atoms with Gasteiger partial charge in [0.25, 0.3) is 0 Å². The zero-order valence-corrected chi connectivity index (χ0v) is 9.89. The van der Waals surface area contributed by atoms with E-state index in [1.807, 2.05) is 24.3 Å². The molecular formula is C12H18ClNO. The van der Waals surface area contributed by atoms with E-state index in [9.17, 15) is 0 Å². The van der Waals surface area contributed by atoms with Crippen molar-refractivity contribution in [2.75, 3.05) is 6.61 Å². The van der Waals surface area contributed by atoms with Crippen molar-refractivity contribution in [3.63, 3.8) is 0 Å². The fraction of sp³-hybridized carbons (Fsp3) is 0.500. The second-order valence-electron chi connectivity index (χ2n) is 3.47. The topological polar surface area (TPSA) is 21.3 Å². The van der Waals surface area contributed by atoms with Crippen molar-refractivity contribution in [3.8, 4) is 0 Å². The van der Waals surface area contributed by atoms with Gasteiger partial charge in [-0.05, 0) is 18.1 Å². The molecule has 0 aliphatic heterocycles. The molecule has 1 aromatic carbocycles. The Morgan fingerprint density at radius 1 is 1.27 bits per heavy atom. The van der Waals surface area contributed by atoms with Crippen LogP contribution in [-0.4, -0.2) is 6.61 Å². The third-order valence-corrected chi connectivity index (χ3v) is 2.54. The molecule has 0 aromatic heterocycles. The maximum Gasteiger partial charge on any atom is 0.0682 e. The van der Waals surface area contributed by atoms with Crippen LogP contribution < -0.4 is 5.48 Å². The van der Waals surface area contributed by atoms with Gasteiger partial charge < -0.3 is 4.84 Å². The maximum atomic E-state index is 5.99. The van der Waals surface area contributed by atoms with Crippen LogP contribution in [0.25, 0.3) is 0 Å². The molecule has 2 nitrogen and oxygen atoms in total. The second kappa shape index (κ2) is 7.69. The minimum atomic E-state index is 0.659. The van der Waals surface area contributed by atoms with Crippen molar-refractivity contribution in [3.05, 3.63) is 34.9 Å². The molecule has 0 spiro atoms. The Kier molecular flexibility index (Phi) is 6.41. The van der Waals surface area contributed by atoms with Gasteiger partial charge in [0.05, 0.1) is 6.61 Å². The molecule has 0 amide bonds. The largest absolute Gasteiger partial charge is 0.301 e. The summed E-state index contributed by atoms with van der Waals surface area (Å²) in [6.45, 7) is 3.60. The Balaban J connectivity index is 2.12. The van der Waals surface area contributed by atoms with Crippen LogP contribution in [0.4, 0.5) is 0 Å². The van der Waals surface area contributed by atoms with E-state index in [-0.39, 0.29) is 0 Å². The van der Waals surface area contributed by atoms with Crippen molar-refractivity contribution in [2.45, 2.75) is 32.7 Å². The van der Waals surface area contributed by atoms with E-state index in [4.69, 9.17) is 16.4 Å². The van der Waals surface area contributed by atoms with Crippen LogP contribution in [0.15, 0.2) is 24.3 Å². The molecule has 15 heavy (non-hydrogen) atoms. The van der Waals surface area contributed by atoms with Crippen LogP contribution in [-0.2, 0) is 11.4 Å². The summed E-state index contributed by atoms with van der Waals surface area (Å²) in [4.78, 5) is 5.29. The molecule has 0 saturated carbocycles. The average molecular weight is 228 g/mol. The van der Waals surface area contributed by atoms with Crippen LogP contribution in [0, 0.1) is 0 Å². The number of rotatable bonds is 7. The van der Waals surface area contributed by atoms with E-state index in [1.54, 1.807) is 0 Å². The molecule has 1 N–H and O–H groups in total. The van der Waals surface area contributed by atoms with Gasteiger partial charge in [0, 0.05) is 11.6 Å². The lowest BCUT2D eigenvalue weighted by molar-refractivity contribution is 0.0342. The first-order valence-corrected chi connectivity index (χ1v) is 5.80. The summed E-state index contributed by atoms with van der Waals surface area (Å²) >= 11 is 5.99. The van der Waals surface area contributed by atoms with E-state index in [0.717, 1.165) is 23.6 Å². The number of nitrogens with one attached hydrogen (secondary N) is 1. The molecule has 0 aliphatic carbocycles. The van der Waals surface area contributed by atoms with Crippen molar-refractivity contribution >= 4 is 11.6 Å². The predicted octanol–water partition coefficient (Wildman–Crippen LogP) is 3.55. The average Bonchev–Trinajstić information content (AvgIpc) is 2.25. The summed E-state index contributed by atoms with van der Waals surface area (Å²) in [5.74, 6) is 0. The fourth-order valence-electron chi connectivity index (χ4n) is 1.27. The highest BCUT2D eigenvalue weighted by Gasteiger charge is 1.97. The SMILES string of the molecule is CCCCCONCc1ccccc1Cl. The summed E-state index contributed by atoms with van der Waals surface area (Å²) in [6.07, 6.45) is 3.54. The third-order valence-electron chi connectivity index (χ3n) is 2.17. The molecule has 1 rings (SSSR count). The van der Waals surface area contributed by atoms with E-state index < -0.39 is 0 Å². The van der Waals surface area contributed by atoms with Crippen molar-refractivity contribution < 1.29 is 4.84 Å². The Bertz CT molecular complexity index is 278. The van der Waals surface area contributed by atoms with E-state index in [0.29, 0.717) is 6.54 Å². The van der Waals surface area contributed by atoms with Crippen molar-refractivity contribution in [1.29, 1.82) is 0 Å². The van der Waals surface area contributed by atoms with Gasteiger partial charge in [-0.15, -0.1) is 0 Å². The molecule has 3 heteroatoms. The highest BCUT2D eigenvalue weighted by atomic mass is 35.5. The minimum Gasteiger partial charge on any atom is -0.301 e. The van der Waals surface area contributed by atoms with Gasteiger partial charge in [-0.1, -0.05) is 49.6 Å². The molecule has 0 atom stereocenters. The quantitative estimate of drug-likeness (QED) is 0.568. The zero-order valence-electron chi connectivity index (χ0n) is 9.13. The van der Waals surface area contributed by atoms with Crippen LogP contribution in [0.5, 0.6) is 0 Å².